The number of likely N-dealkylation sites (tertiary alicyclic amines) is 1. The van der Waals surface area contributed by atoms with Gasteiger partial charge in [-0.25, -0.2) is 0 Å². The molecule has 0 radical (unpaired) electrons. The van der Waals surface area contributed by atoms with Crippen LogP contribution in [0, 0.1) is 19.3 Å². The quantitative estimate of drug-likeness (QED) is 0.747. The van der Waals surface area contributed by atoms with E-state index in [-0.39, 0.29) is 23.0 Å². The molecule has 0 bridgehead atoms. The number of amides is 2. The van der Waals surface area contributed by atoms with Crippen LogP contribution >= 0.6 is 0 Å². The Hall–Kier alpha value is -2.12. The largest absolute Gasteiger partial charge is 0.507 e. The van der Waals surface area contributed by atoms with Crippen molar-refractivity contribution in [2.24, 2.45) is 5.41 Å². The lowest BCUT2D eigenvalue weighted by Gasteiger charge is -2.53. The number of nitrogens with one attached hydrogen (secondary N) is 1. The minimum Gasteiger partial charge on any atom is -0.507 e. The molecule has 7 nitrogen and oxygen atoms in total. The number of piperazine rings is 1. The van der Waals surface area contributed by atoms with Gasteiger partial charge in [0.2, 0.25) is 11.8 Å². The molecule has 2 amide bonds. The maximum atomic E-state index is 12.6. The molecule has 2 fully saturated rings. The maximum Gasteiger partial charge on any atom is 0.236 e. The fourth-order valence-corrected chi connectivity index (χ4v) is 6.19. The second kappa shape index (κ2) is 8.34. The summed E-state index contributed by atoms with van der Waals surface area (Å²) in [5.74, 6) is 0.413. The van der Waals surface area contributed by atoms with E-state index in [1.165, 1.54) is 0 Å². The zero-order valence-corrected chi connectivity index (χ0v) is 20.3. The van der Waals surface area contributed by atoms with Crippen molar-refractivity contribution in [3.05, 3.63) is 28.3 Å². The van der Waals surface area contributed by atoms with Crippen LogP contribution in [0.25, 0.3) is 0 Å². The first-order valence-electron chi connectivity index (χ1n) is 11.9. The fraction of sp³-hybridized carbons (Fsp3) is 0.680. The molecule has 1 unspecified atom stereocenters. The van der Waals surface area contributed by atoms with Crippen LogP contribution in [-0.2, 0) is 21.7 Å². The molecule has 0 spiro atoms. The van der Waals surface area contributed by atoms with Crippen LogP contribution < -0.4 is 5.32 Å². The van der Waals surface area contributed by atoms with Crippen LogP contribution in [0.4, 0.5) is 0 Å². The van der Waals surface area contributed by atoms with Crippen LogP contribution in [0.5, 0.6) is 5.75 Å². The lowest BCUT2D eigenvalue weighted by atomic mass is 9.77. The number of carbonyl (C=O) groups excluding carboxylic acids is 2. The van der Waals surface area contributed by atoms with E-state index in [1.807, 2.05) is 17.9 Å². The van der Waals surface area contributed by atoms with Crippen molar-refractivity contribution < 1.29 is 14.7 Å². The molecule has 0 aromatic heterocycles. The highest BCUT2D eigenvalue weighted by Crippen LogP contribution is 2.56. The predicted molar refractivity (Wildman–Crippen MR) is 124 cm³/mol. The smallest absolute Gasteiger partial charge is 0.236 e. The van der Waals surface area contributed by atoms with Gasteiger partial charge in [-0.1, -0.05) is 19.9 Å². The molecule has 2 N–H and O–H groups in total. The molecular formula is C25H38N4O3. The van der Waals surface area contributed by atoms with Gasteiger partial charge in [-0.05, 0) is 49.8 Å². The summed E-state index contributed by atoms with van der Waals surface area (Å²) < 4.78 is 0. The number of fused-ring (bicyclic) bond motifs is 1. The molecule has 4 rings (SSSR count). The minimum atomic E-state index is -0.778. The van der Waals surface area contributed by atoms with Crippen molar-refractivity contribution in [3.63, 3.8) is 0 Å². The van der Waals surface area contributed by atoms with Crippen molar-refractivity contribution in [3.8, 4) is 5.75 Å². The zero-order chi connectivity index (χ0) is 23.3. The van der Waals surface area contributed by atoms with E-state index in [9.17, 15) is 14.7 Å². The Labute approximate surface area is 191 Å². The molecule has 2 heterocycles. The van der Waals surface area contributed by atoms with Gasteiger partial charge < -0.3 is 15.3 Å². The van der Waals surface area contributed by atoms with E-state index in [1.54, 1.807) is 6.92 Å². The van der Waals surface area contributed by atoms with Gasteiger partial charge in [-0.2, -0.15) is 0 Å². The summed E-state index contributed by atoms with van der Waals surface area (Å²) in [5.41, 5.74) is 2.91. The van der Waals surface area contributed by atoms with Gasteiger partial charge >= 0.3 is 0 Å². The second-order valence-electron chi connectivity index (χ2n) is 10.5. The number of phenolic OH excluding ortho intramolecular Hbond substituents is 1. The molecule has 1 aliphatic carbocycles. The number of hydrogen-bond donors (Lipinski definition) is 2. The number of aromatic hydroxyl groups is 1. The van der Waals surface area contributed by atoms with Gasteiger partial charge in [0.1, 0.15) is 11.4 Å². The van der Waals surface area contributed by atoms with E-state index in [2.05, 4.69) is 35.9 Å². The summed E-state index contributed by atoms with van der Waals surface area (Å²) >= 11 is 0. The molecule has 7 heteroatoms. The van der Waals surface area contributed by atoms with Gasteiger partial charge in [0.25, 0.3) is 0 Å². The number of nitrogens with zero attached hydrogens (tertiary/aromatic N) is 3. The zero-order valence-electron chi connectivity index (χ0n) is 20.3. The lowest BCUT2D eigenvalue weighted by Crippen LogP contribution is -2.67. The molecule has 1 atom stereocenters. The summed E-state index contributed by atoms with van der Waals surface area (Å²) in [5, 5.41) is 14.5. The van der Waals surface area contributed by atoms with Crippen LogP contribution in [0.15, 0.2) is 6.07 Å². The average Bonchev–Trinajstić information content (AvgIpc) is 3.33. The minimum absolute atomic E-state index is 0.101. The monoisotopic (exact) mass is 442 g/mol. The molecule has 3 aliphatic rings. The van der Waals surface area contributed by atoms with Crippen LogP contribution in [0.1, 0.15) is 55.9 Å². The van der Waals surface area contributed by atoms with E-state index >= 15 is 0 Å². The topological polar surface area (TPSA) is 76.1 Å². The first kappa shape index (κ1) is 23.1. The van der Waals surface area contributed by atoms with Crippen LogP contribution in [0.2, 0.25) is 0 Å². The van der Waals surface area contributed by atoms with E-state index < -0.39 is 5.66 Å². The fourth-order valence-electron chi connectivity index (χ4n) is 6.19. The molecule has 32 heavy (non-hydrogen) atoms. The highest BCUT2D eigenvalue weighted by Gasteiger charge is 2.58. The van der Waals surface area contributed by atoms with E-state index in [0.29, 0.717) is 6.54 Å². The Morgan fingerprint density at radius 3 is 2.25 bits per heavy atom. The second-order valence-corrected chi connectivity index (χ2v) is 10.5. The van der Waals surface area contributed by atoms with Gasteiger partial charge in [0, 0.05) is 57.2 Å². The number of phenols is 1. The Bertz CT molecular complexity index is 914. The third-order valence-corrected chi connectivity index (χ3v) is 7.80. The SMILES string of the molecule is CC(=O)NC1(N2CCN(CC(=O)N3CCCC3)CC2)c2c(O)c(C)cc(C)c2CC1(C)C. The number of hydrogen-bond acceptors (Lipinski definition) is 5. The van der Waals surface area contributed by atoms with Crippen molar-refractivity contribution in [1.82, 2.24) is 20.0 Å². The molecule has 2 aliphatic heterocycles. The molecular weight excluding hydrogens is 404 g/mol. The van der Waals surface area contributed by atoms with Crippen molar-refractivity contribution in [2.75, 3.05) is 45.8 Å². The third kappa shape index (κ3) is 3.69. The van der Waals surface area contributed by atoms with Gasteiger partial charge in [-0.15, -0.1) is 0 Å². The predicted octanol–water partition coefficient (Wildman–Crippen LogP) is 2.12. The van der Waals surface area contributed by atoms with Gasteiger partial charge in [0.05, 0.1) is 6.54 Å². The third-order valence-electron chi connectivity index (χ3n) is 7.80. The average molecular weight is 443 g/mol. The first-order chi connectivity index (χ1) is 15.1. The van der Waals surface area contributed by atoms with Gasteiger partial charge in [0.15, 0.2) is 0 Å². The number of rotatable bonds is 4. The molecule has 2 saturated heterocycles. The maximum absolute atomic E-state index is 12.6. The molecule has 1 aromatic rings. The number of benzene rings is 1. The Morgan fingerprint density at radius 2 is 1.66 bits per heavy atom. The van der Waals surface area contributed by atoms with E-state index in [0.717, 1.165) is 80.8 Å². The Morgan fingerprint density at radius 1 is 1.03 bits per heavy atom. The summed E-state index contributed by atoms with van der Waals surface area (Å²) in [4.78, 5) is 31.7. The standard InChI is InChI=1S/C25H38N4O3/c1-17-14-18(2)23(32)22-20(17)15-24(4,5)25(22,26-19(3)30)29-12-10-27(11-13-29)16-21(31)28-8-6-7-9-28/h14,32H,6-13,15-16H2,1-5H3,(H,26,30). The normalized spacial score (nSPS) is 25.7. The highest BCUT2D eigenvalue weighted by atomic mass is 16.3. The van der Waals surface area contributed by atoms with Gasteiger partial charge in [-0.3, -0.25) is 19.4 Å². The van der Waals surface area contributed by atoms with Crippen molar-refractivity contribution in [1.29, 1.82) is 0 Å². The summed E-state index contributed by atoms with van der Waals surface area (Å²) in [6.07, 6.45) is 3.00. The number of aryl methyl sites for hydroxylation is 2. The number of carbonyl (C=O) groups is 2. The molecule has 0 saturated carbocycles. The summed E-state index contributed by atoms with van der Waals surface area (Å²) in [6.45, 7) is 15.1. The molecule has 176 valence electrons. The first-order valence-corrected chi connectivity index (χ1v) is 11.9. The summed E-state index contributed by atoms with van der Waals surface area (Å²) in [6, 6.07) is 2.04. The van der Waals surface area contributed by atoms with Crippen molar-refractivity contribution >= 4 is 11.8 Å². The van der Waals surface area contributed by atoms with E-state index in [4.69, 9.17) is 0 Å². The van der Waals surface area contributed by atoms with Crippen LogP contribution in [-0.4, -0.2) is 77.4 Å². The van der Waals surface area contributed by atoms with Crippen molar-refractivity contribution in [2.45, 2.75) is 59.5 Å². The molecule has 1 aromatic carbocycles. The Kier molecular flexibility index (Phi) is 6.01. The lowest BCUT2D eigenvalue weighted by molar-refractivity contribution is -0.134. The Balaban J connectivity index is 1.63. The van der Waals surface area contributed by atoms with Crippen LogP contribution in [0.3, 0.4) is 0 Å². The highest BCUT2D eigenvalue weighted by molar-refractivity contribution is 5.78. The summed E-state index contributed by atoms with van der Waals surface area (Å²) in [7, 11) is 0.